The molecular weight excluding hydrogens is 274 g/mol. The normalized spacial score (nSPS) is 26.1. The average molecular weight is 295 g/mol. The summed E-state index contributed by atoms with van der Waals surface area (Å²) in [6.07, 6.45) is 1.61. The van der Waals surface area contributed by atoms with E-state index in [4.69, 9.17) is 9.47 Å². The molecule has 2 saturated heterocycles. The first kappa shape index (κ1) is 14.4. The Kier molecular flexibility index (Phi) is 4.18. The third-order valence-electron chi connectivity index (χ3n) is 4.08. The molecule has 0 N–H and O–H groups in total. The van der Waals surface area contributed by atoms with Crippen molar-refractivity contribution >= 4 is 5.91 Å². The number of carbonyl (C=O) groups excluding carboxylic acids is 1. The number of carbonyl (C=O) groups is 1. The molecule has 8 heteroatoms. The van der Waals surface area contributed by atoms with Crippen molar-refractivity contribution in [2.24, 2.45) is 7.05 Å². The van der Waals surface area contributed by atoms with E-state index in [-0.39, 0.29) is 23.9 Å². The van der Waals surface area contributed by atoms with E-state index in [2.05, 4.69) is 15.0 Å². The molecular formula is C13H21N5O3. The Morgan fingerprint density at radius 3 is 3.10 bits per heavy atom. The van der Waals surface area contributed by atoms with Crippen LogP contribution in [0, 0.1) is 0 Å². The maximum Gasteiger partial charge on any atom is 0.293 e. The minimum atomic E-state index is -0.125. The Morgan fingerprint density at radius 1 is 1.52 bits per heavy atom. The molecule has 0 aliphatic carbocycles. The number of methoxy groups -OCH3 is 1. The zero-order valence-electron chi connectivity index (χ0n) is 12.4. The number of rotatable bonds is 4. The predicted molar refractivity (Wildman–Crippen MR) is 73.9 cm³/mol. The minimum Gasteiger partial charge on any atom is -0.383 e. The number of hydrogen-bond acceptors (Lipinski definition) is 6. The van der Waals surface area contributed by atoms with Crippen LogP contribution in [-0.4, -0.2) is 89.1 Å². The van der Waals surface area contributed by atoms with Gasteiger partial charge >= 0.3 is 0 Å². The van der Waals surface area contributed by atoms with Crippen molar-refractivity contribution in [3.8, 4) is 0 Å². The lowest BCUT2D eigenvalue weighted by Gasteiger charge is -2.36. The van der Waals surface area contributed by atoms with Crippen LogP contribution < -0.4 is 0 Å². The summed E-state index contributed by atoms with van der Waals surface area (Å²) in [5.41, 5.74) is 0. The van der Waals surface area contributed by atoms with Gasteiger partial charge in [0.15, 0.2) is 0 Å². The second-order valence-corrected chi connectivity index (χ2v) is 5.46. The van der Waals surface area contributed by atoms with Crippen molar-refractivity contribution in [2.75, 3.05) is 46.5 Å². The van der Waals surface area contributed by atoms with E-state index >= 15 is 0 Å². The Bertz CT molecular complexity index is 506. The van der Waals surface area contributed by atoms with Crippen LogP contribution in [0.2, 0.25) is 0 Å². The van der Waals surface area contributed by atoms with Gasteiger partial charge < -0.3 is 14.4 Å². The van der Waals surface area contributed by atoms with Crippen LogP contribution in [0.25, 0.3) is 0 Å². The SMILES string of the molecule is COCCN1CCO[C@H]2CN(C(=O)c3ncn(C)n3)C[C@H]21. The number of aryl methyl sites for hydroxylation is 1. The van der Waals surface area contributed by atoms with Gasteiger partial charge in [-0.15, -0.1) is 5.10 Å². The van der Waals surface area contributed by atoms with Gasteiger partial charge in [0.25, 0.3) is 5.91 Å². The van der Waals surface area contributed by atoms with Crippen LogP contribution >= 0.6 is 0 Å². The molecule has 21 heavy (non-hydrogen) atoms. The largest absolute Gasteiger partial charge is 0.383 e. The highest BCUT2D eigenvalue weighted by Crippen LogP contribution is 2.23. The highest BCUT2D eigenvalue weighted by Gasteiger charge is 2.42. The second-order valence-electron chi connectivity index (χ2n) is 5.46. The van der Waals surface area contributed by atoms with E-state index in [9.17, 15) is 4.79 Å². The molecule has 116 valence electrons. The number of morpholine rings is 1. The van der Waals surface area contributed by atoms with E-state index in [0.29, 0.717) is 26.3 Å². The summed E-state index contributed by atoms with van der Waals surface area (Å²) in [5.74, 6) is 0.125. The van der Waals surface area contributed by atoms with Gasteiger partial charge in [-0.3, -0.25) is 14.4 Å². The van der Waals surface area contributed by atoms with Gasteiger partial charge in [-0.25, -0.2) is 4.98 Å². The standard InChI is InChI=1S/C13H21N5O3/c1-16-9-14-12(15-16)13(19)18-7-10-11(8-18)21-6-4-17(10)3-5-20-2/h9-11H,3-8H2,1-2H3/t10-,11+/m1/s1. The molecule has 0 bridgehead atoms. The number of nitrogens with zero attached hydrogens (tertiary/aromatic N) is 5. The number of fused-ring (bicyclic) bond motifs is 1. The van der Waals surface area contributed by atoms with Crippen molar-refractivity contribution in [1.82, 2.24) is 24.6 Å². The Hall–Kier alpha value is -1.51. The molecule has 1 aromatic heterocycles. The Labute approximate surface area is 123 Å². The number of likely N-dealkylation sites (tertiary alicyclic amines) is 1. The molecule has 2 atom stereocenters. The van der Waals surface area contributed by atoms with Crippen molar-refractivity contribution in [3.05, 3.63) is 12.2 Å². The molecule has 2 aliphatic rings. The zero-order chi connectivity index (χ0) is 14.8. The maximum absolute atomic E-state index is 12.4. The molecule has 8 nitrogen and oxygen atoms in total. The topological polar surface area (TPSA) is 72.7 Å². The summed E-state index contributed by atoms with van der Waals surface area (Å²) in [7, 11) is 3.46. The fraction of sp³-hybridized carbons (Fsp3) is 0.769. The van der Waals surface area contributed by atoms with E-state index in [0.717, 1.165) is 13.1 Å². The monoisotopic (exact) mass is 295 g/mol. The van der Waals surface area contributed by atoms with Crippen molar-refractivity contribution in [2.45, 2.75) is 12.1 Å². The lowest BCUT2D eigenvalue weighted by molar-refractivity contribution is -0.0526. The molecule has 0 radical (unpaired) electrons. The molecule has 0 unspecified atom stereocenters. The molecule has 0 aromatic carbocycles. The first-order chi connectivity index (χ1) is 10.2. The number of amides is 1. The Morgan fingerprint density at radius 2 is 2.38 bits per heavy atom. The highest BCUT2D eigenvalue weighted by atomic mass is 16.5. The maximum atomic E-state index is 12.4. The minimum absolute atomic E-state index is 0.0725. The highest BCUT2D eigenvalue weighted by molar-refractivity contribution is 5.90. The quantitative estimate of drug-likeness (QED) is 0.708. The van der Waals surface area contributed by atoms with E-state index in [1.807, 2.05) is 0 Å². The van der Waals surface area contributed by atoms with Gasteiger partial charge in [0.2, 0.25) is 5.82 Å². The fourth-order valence-corrected chi connectivity index (χ4v) is 2.99. The van der Waals surface area contributed by atoms with E-state index in [1.54, 1.807) is 19.1 Å². The average Bonchev–Trinajstić information content (AvgIpc) is 3.10. The molecule has 0 saturated carbocycles. The molecule has 1 amide bonds. The summed E-state index contributed by atoms with van der Waals surface area (Å²) in [6, 6.07) is 0.238. The van der Waals surface area contributed by atoms with Crippen molar-refractivity contribution < 1.29 is 14.3 Å². The zero-order valence-corrected chi connectivity index (χ0v) is 12.4. The van der Waals surface area contributed by atoms with Crippen LogP contribution in [0.5, 0.6) is 0 Å². The summed E-state index contributed by atoms with van der Waals surface area (Å²) < 4.78 is 12.5. The molecule has 3 rings (SSSR count). The summed E-state index contributed by atoms with van der Waals surface area (Å²) in [6.45, 7) is 4.41. The van der Waals surface area contributed by atoms with E-state index < -0.39 is 0 Å². The Balaban J connectivity index is 1.66. The molecule has 2 fully saturated rings. The van der Waals surface area contributed by atoms with Gasteiger partial charge in [0.05, 0.1) is 25.4 Å². The summed E-state index contributed by atoms with van der Waals surface area (Å²) >= 11 is 0. The summed E-state index contributed by atoms with van der Waals surface area (Å²) in [4.78, 5) is 20.6. The van der Waals surface area contributed by atoms with Gasteiger partial charge in [-0.1, -0.05) is 0 Å². The first-order valence-corrected chi connectivity index (χ1v) is 7.18. The lowest BCUT2D eigenvalue weighted by atomic mass is 10.1. The first-order valence-electron chi connectivity index (χ1n) is 7.18. The summed E-state index contributed by atoms with van der Waals surface area (Å²) in [5, 5.41) is 4.08. The number of aromatic nitrogens is 3. The van der Waals surface area contributed by atoms with E-state index in [1.165, 1.54) is 11.0 Å². The molecule has 0 spiro atoms. The van der Waals surface area contributed by atoms with Gasteiger partial charge in [-0.05, 0) is 0 Å². The van der Waals surface area contributed by atoms with Crippen LogP contribution in [0.3, 0.4) is 0 Å². The van der Waals surface area contributed by atoms with Crippen molar-refractivity contribution in [1.29, 1.82) is 0 Å². The van der Waals surface area contributed by atoms with Gasteiger partial charge in [-0.2, -0.15) is 0 Å². The molecule has 3 heterocycles. The van der Waals surface area contributed by atoms with Crippen LogP contribution in [0.4, 0.5) is 0 Å². The third kappa shape index (κ3) is 2.92. The molecule has 1 aromatic rings. The van der Waals surface area contributed by atoms with Crippen LogP contribution in [-0.2, 0) is 16.5 Å². The van der Waals surface area contributed by atoms with Gasteiger partial charge in [0.1, 0.15) is 6.33 Å². The predicted octanol–water partition coefficient (Wildman–Crippen LogP) is -1.01. The number of hydrogen-bond donors (Lipinski definition) is 0. The van der Waals surface area contributed by atoms with Crippen LogP contribution in [0.15, 0.2) is 6.33 Å². The van der Waals surface area contributed by atoms with Gasteiger partial charge in [0, 0.05) is 40.3 Å². The van der Waals surface area contributed by atoms with Crippen molar-refractivity contribution in [3.63, 3.8) is 0 Å². The lowest BCUT2D eigenvalue weighted by Crippen LogP contribution is -2.51. The number of ether oxygens (including phenoxy) is 2. The smallest absolute Gasteiger partial charge is 0.293 e. The second kappa shape index (κ2) is 6.08. The fourth-order valence-electron chi connectivity index (χ4n) is 2.99. The third-order valence-corrected chi connectivity index (χ3v) is 4.08. The molecule has 2 aliphatic heterocycles. The van der Waals surface area contributed by atoms with Crippen LogP contribution in [0.1, 0.15) is 10.6 Å².